The van der Waals surface area contributed by atoms with Crippen LogP contribution in [0, 0.1) is 0 Å². The van der Waals surface area contributed by atoms with Crippen LogP contribution in [-0.4, -0.2) is 44.1 Å². The lowest BCUT2D eigenvalue weighted by atomic mass is 10.0. The lowest BCUT2D eigenvalue weighted by molar-refractivity contribution is -0.166. The zero-order valence-corrected chi connectivity index (χ0v) is 34.3. The minimum absolute atomic E-state index is 0.319. The molecule has 1 atom stereocenters. The van der Waals surface area contributed by atoms with Gasteiger partial charge in [-0.15, -0.1) is 0 Å². The van der Waals surface area contributed by atoms with Crippen LogP contribution in [0.3, 0.4) is 0 Å². The van der Waals surface area contributed by atoms with Gasteiger partial charge in [-0.25, -0.2) is 0 Å². The minimum atomic E-state index is -2.97. The van der Waals surface area contributed by atoms with E-state index in [1.807, 2.05) is 13.8 Å². The average molecular weight is 702 g/mol. The number of unbranched alkanes of at least 4 members (excludes halogenated alkanes) is 30. The van der Waals surface area contributed by atoms with E-state index in [2.05, 4.69) is 18.9 Å². The van der Waals surface area contributed by atoms with Gasteiger partial charge in [0, 0.05) is 19.3 Å². The molecule has 0 aliphatic rings. The zero-order chi connectivity index (χ0) is 35.1. The Morgan fingerprint density at radius 2 is 0.667 bits per heavy atom. The summed E-state index contributed by atoms with van der Waals surface area (Å²) in [5.41, 5.74) is 0. The highest BCUT2D eigenvalue weighted by Crippen LogP contribution is 2.47. The first-order chi connectivity index (χ1) is 23.6. The summed E-state index contributed by atoms with van der Waals surface area (Å²) in [5.74, 6) is 0. The second-order valence-electron chi connectivity index (χ2n) is 14.5. The summed E-state index contributed by atoms with van der Waals surface area (Å²) < 4.78 is 23.6. The summed E-state index contributed by atoms with van der Waals surface area (Å²) in [4.78, 5) is 6.14. The molecule has 0 saturated heterocycles. The third-order valence-corrected chi connectivity index (χ3v) is 11.9. The van der Waals surface area contributed by atoms with Gasteiger partial charge in [0.2, 0.25) is 0 Å². The van der Waals surface area contributed by atoms with E-state index in [0.29, 0.717) is 26.0 Å². The first kappa shape index (κ1) is 48.1. The van der Waals surface area contributed by atoms with Crippen molar-refractivity contribution in [1.29, 1.82) is 0 Å². The van der Waals surface area contributed by atoms with E-state index in [1.54, 1.807) is 0 Å². The van der Waals surface area contributed by atoms with Crippen molar-refractivity contribution < 1.29 is 18.5 Å². The van der Waals surface area contributed by atoms with Crippen LogP contribution in [0.4, 0.5) is 0 Å². The van der Waals surface area contributed by atoms with Crippen molar-refractivity contribution >= 4 is 7.60 Å². The molecule has 48 heavy (non-hydrogen) atoms. The van der Waals surface area contributed by atoms with E-state index < -0.39 is 7.60 Å². The molecule has 1 unspecified atom stereocenters. The third-order valence-electron chi connectivity index (χ3n) is 9.88. The monoisotopic (exact) mass is 702 g/mol. The second-order valence-corrected chi connectivity index (χ2v) is 16.9. The molecule has 0 fully saturated rings. The van der Waals surface area contributed by atoms with Crippen LogP contribution in [0.25, 0.3) is 0 Å². The summed E-state index contributed by atoms with van der Waals surface area (Å²) in [7, 11) is -2.97. The molecule has 0 saturated carbocycles. The summed E-state index contributed by atoms with van der Waals surface area (Å²) in [6, 6.07) is 0. The average Bonchev–Trinajstić information content (AvgIpc) is 3.09. The van der Waals surface area contributed by atoms with E-state index in [9.17, 15) is 4.57 Å². The normalized spacial score (nSPS) is 13.1. The van der Waals surface area contributed by atoms with Gasteiger partial charge in [-0.05, 0) is 19.8 Å². The number of nitrogens with zero attached hydrogens (tertiary/aromatic N) is 1. The molecule has 0 rings (SSSR count). The van der Waals surface area contributed by atoms with Crippen LogP contribution in [0.1, 0.15) is 233 Å². The van der Waals surface area contributed by atoms with Crippen LogP contribution in [0.15, 0.2) is 0 Å². The maximum absolute atomic E-state index is 12.6. The van der Waals surface area contributed by atoms with Gasteiger partial charge in [-0.2, -0.15) is 5.06 Å². The summed E-state index contributed by atoms with van der Waals surface area (Å²) in [6.07, 6.45) is 44.9. The predicted molar refractivity (Wildman–Crippen MR) is 212 cm³/mol. The van der Waals surface area contributed by atoms with E-state index in [1.165, 1.54) is 205 Å². The first-order valence-electron chi connectivity index (χ1n) is 21.9. The quantitative estimate of drug-likeness (QED) is 0.0360. The fourth-order valence-corrected chi connectivity index (χ4v) is 7.86. The molecule has 290 valence electrons. The fourth-order valence-electron chi connectivity index (χ4n) is 6.67. The third kappa shape index (κ3) is 35.9. The predicted octanol–water partition coefficient (Wildman–Crippen LogP) is 15.0. The fraction of sp³-hybridized carbons (Fsp3) is 1.00. The maximum Gasteiger partial charge on any atom is 0.330 e. The number of rotatable bonds is 42. The smallest absolute Gasteiger partial charge is 0.309 e. The zero-order valence-electron chi connectivity index (χ0n) is 33.4. The van der Waals surface area contributed by atoms with Gasteiger partial charge < -0.3 is 9.05 Å². The minimum Gasteiger partial charge on any atom is -0.309 e. The maximum atomic E-state index is 12.6. The van der Waals surface area contributed by atoms with Crippen molar-refractivity contribution in [2.45, 2.75) is 233 Å². The van der Waals surface area contributed by atoms with E-state index >= 15 is 0 Å². The largest absolute Gasteiger partial charge is 0.330 e. The second kappa shape index (κ2) is 39.8. The number of hydrogen-bond donors (Lipinski definition) is 0. The Balaban J connectivity index is 3.97. The Morgan fingerprint density at radius 3 is 0.938 bits per heavy atom. The van der Waals surface area contributed by atoms with Gasteiger partial charge >= 0.3 is 7.60 Å². The summed E-state index contributed by atoms with van der Waals surface area (Å²) >= 11 is 0. The topological polar surface area (TPSA) is 48.0 Å². The Morgan fingerprint density at radius 1 is 0.375 bits per heavy atom. The van der Waals surface area contributed by atoms with Crippen LogP contribution >= 0.6 is 7.60 Å². The van der Waals surface area contributed by atoms with Crippen LogP contribution in [0.5, 0.6) is 0 Å². The highest BCUT2D eigenvalue weighted by Gasteiger charge is 2.21. The Labute approximate surface area is 302 Å². The molecular formula is C42H88NO4P. The standard InChI is InChI=1S/C42H88NO4P/c1-5-9-11-13-15-17-19-21-23-25-27-29-31-33-35-37-39-43(45-41-42-47-48(44,8-4)46-7-3)40-38-36-34-32-30-28-26-24-22-20-18-16-14-12-10-6-2/h5-42H2,1-4H3. The molecule has 0 aromatic carbocycles. The molecule has 0 aromatic heterocycles. The highest BCUT2D eigenvalue weighted by molar-refractivity contribution is 7.53. The number of hydroxylamine groups is 2. The van der Waals surface area contributed by atoms with Crippen LogP contribution in [0.2, 0.25) is 0 Å². The molecular weight excluding hydrogens is 613 g/mol. The van der Waals surface area contributed by atoms with Gasteiger partial charge in [0.05, 0.1) is 19.8 Å². The van der Waals surface area contributed by atoms with Gasteiger partial charge in [-0.1, -0.05) is 213 Å². The molecule has 0 aliphatic heterocycles. The van der Waals surface area contributed by atoms with Gasteiger partial charge in [0.15, 0.2) is 0 Å². The van der Waals surface area contributed by atoms with Crippen molar-refractivity contribution in [2.24, 2.45) is 0 Å². The van der Waals surface area contributed by atoms with Crippen molar-refractivity contribution in [3.63, 3.8) is 0 Å². The van der Waals surface area contributed by atoms with Crippen LogP contribution < -0.4 is 0 Å². The van der Waals surface area contributed by atoms with Crippen molar-refractivity contribution in [1.82, 2.24) is 5.06 Å². The lowest BCUT2D eigenvalue weighted by Crippen LogP contribution is -2.28. The molecule has 0 aromatic rings. The van der Waals surface area contributed by atoms with E-state index in [-0.39, 0.29) is 0 Å². The van der Waals surface area contributed by atoms with E-state index in [0.717, 1.165) is 13.1 Å². The molecule has 0 spiro atoms. The first-order valence-corrected chi connectivity index (χ1v) is 23.6. The summed E-state index contributed by atoms with van der Waals surface area (Å²) in [5, 5.41) is 2.16. The Hall–Kier alpha value is 0.0700. The molecule has 5 nitrogen and oxygen atoms in total. The molecule has 0 amide bonds. The van der Waals surface area contributed by atoms with Gasteiger partial charge in [0.1, 0.15) is 0 Å². The summed E-state index contributed by atoms with van der Waals surface area (Å²) in [6.45, 7) is 11.4. The SMILES string of the molecule is CCCCCCCCCCCCCCCCCCN(CCCCCCCCCCCCCCCCCC)OCCOP(=O)(CC)OCC. The van der Waals surface area contributed by atoms with Gasteiger partial charge in [-0.3, -0.25) is 9.40 Å². The molecule has 0 N–H and O–H groups in total. The lowest BCUT2D eigenvalue weighted by Gasteiger charge is -2.23. The van der Waals surface area contributed by atoms with Crippen LogP contribution in [-0.2, 0) is 18.5 Å². The Bertz CT molecular complexity index is 613. The van der Waals surface area contributed by atoms with Gasteiger partial charge in [0.25, 0.3) is 0 Å². The highest BCUT2D eigenvalue weighted by atomic mass is 31.2. The molecule has 0 aliphatic carbocycles. The Kier molecular flexibility index (Phi) is 39.9. The van der Waals surface area contributed by atoms with Crippen molar-refractivity contribution in [2.75, 3.05) is 39.1 Å². The molecule has 0 bridgehead atoms. The van der Waals surface area contributed by atoms with E-state index in [4.69, 9.17) is 13.9 Å². The molecule has 0 heterocycles. The number of hydrogen-bond acceptors (Lipinski definition) is 5. The molecule has 6 heteroatoms. The van der Waals surface area contributed by atoms with Crippen molar-refractivity contribution in [3.05, 3.63) is 0 Å². The van der Waals surface area contributed by atoms with Crippen molar-refractivity contribution in [3.8, 4) is 0 Å². The molecule has 0 radical (unpaired) electrons.